The number of fused-ring (bicyclic) bond motifs is 1. The molecule has 3 aromatic carbocycles. The average Bonchev–Trinajstić information content (AvgIpc) is 2.78. The Kier molecular flexibility index (Phi) is 6.46. The summed E-state index contributed by atoms with van der Waals surface area (Å²) in [6.07, 6.45) is 2.98. The molecule has 1 amide bonds. The summed E-state index contributed by atoms with van der Waals surface area (Å²) in [4.78, 5) is 12.5. The summed E-state index contributed by atoms with van der Waals surface area (Å²) in [5.74, 6) is 0.225. The molecule has 0 aromatic heterocycles. The van der Waals surface area contributed by atoms with Crippen LogP contribution in [0.1, 0.15) is 35.6 Å². The summed E-state index contributed by atoms with van der Waals surface area (Å²) in [5.41, 5.74) is 3.92. The lowest BCUT2D eigenvalue weighted by molar-refractivity contribution is -0.124. The highest BCUT2D eigenvalue weighted by Gasteiger charge is 2.21. The molecule has 166 valence electrons. The van der Waals surface area contributed by atoms with Crippen LogP contribution in [-0.4, -0.2) is 20.9 Å². The van der Waals surface area contributed by atoms with Crippen molar-refractivity contribution in [3.8, 4) is 5.75 Å². The smallest absolute Gasteiger partial charge is 0.261 e. The molecule has 0 bridgehead atoms. The van der Waals surface area contributed by atoms with Gasteiger partial charge in [0.15, 0.2) is 6.61 Å². The van der Waals surface area contributed by atoms with Gasteiger partial charge in [-0.3, -0.25) is 9.52 Å². The van der Waals surface area contributed by atoms with Gasteiger partial charge in [0.1, 0.15) is 5.75 Å². The molecule has 1 atom stereocenters. The minimum atomic E-state index is -3.71. The van der Waals surface area contributed by atoms with Crippen LogP contribution in [0.25, 0.3) is 0 Å². The van der Waals surface area contributed by atoms with E-state index in [-0.39, 0.29) is 23.5 Å². The van der Waals surface area contributed by atoms with Crippen molar-refractivity contribution in [1.29, 1.82) is 0 Å². The molecule has 0 spiro atoms. The highest BCUT2D eigenvalue weighted by atomic mass is 32.2. The second kappa shape index (κ2) is 9.44. The largest absolute Gasteiger partial charge is 0.484 e. The molecule has 3 aromatic rings. The molecule has 2 N–H and O–H groups in total. The SMILES string of the molecule is Cc1cccc(NS(=O)(=O)c2ccc(OCC(=O)NC3CCCc4ccccc43)cc2)c1. The molecule has 0 saturated heterocycles. The number of benzene rings is 3. The van der Waals surface area contributed by atoms with Crippen LogP contribution in [0.2, 0.25) is 0 Å². The Balaban J connectivity index is 1.33. The fourth-order valence-electron chi connectivity index (χ4n) is 3.93. The zero-order chi connectivity index (χ0) is 22.6. The molecule has 0 radical (unpaired) electrons. The van der Waals surface area contributed by atoms with Crippen LogP contribution in [-0.2, 0) is 21.2 Å². The number of nitrogens with one attached hydrogen (secondary N) is 2. The van der Waals surface area contributed by atoms with E-state index < -0.39 is 10.0 Å². The van der Waals surface area contributed by atoms with Crippen LogP contribution >= 0.6 is 0 Å². The molecule has 1 unspecified atom stereocenters. The fraction of sp³-hybridized carbons (Fsp3) is 0.240. The van der Waals surface area contributed by atoms with Crippen molar-refractivity contribution in [3.05, 3.63) is 89.5 Å². The van der Waals surface area contributed by atoms with Crippen molar-refractivity contribution < 1.29 is 17.9 Å². The molecule has 0 saturated carbocycles. The van der Waals surface area contributed by atoms with Gasteiger partial charge in [-0.2, -0.15) is 0 Å². The van der Waals surface area contributed by atoms with Gasteiger partial charge < -0.3 is 10.1 Å². The van der Waals surface area contributed by atoms with Gasteiger partial charge in [-0.05, 0) is 79.3 Å². The number of aryl methyl sites for hydroxylation is 2. The number of hydrogen-bond donors (Lipinski definition) is 2. The summed E-state index contributed by atoms with van der Waals surface area (Å²) in [6.45, 7) is 1.76. The summed E-state index contributed by atoms with van der Waals surface area (Å²) in [6, 6.07) is 21.3. The molecule has 0 heterocycles. The molecule has 4 rings (SSSR count). The number of rotatable bonds is 7. The number of anilines is 1. The zero-order valence-electron chi connectivity index (χ0n) is 17.9. The summed E-state index contributed by atoms with van der Waals surface area (Å²) >= 11 is 0. The number of ether oxygens (including phenoxy) is 1. The van der Waals surface area contributed by atoms with Crippen molar-refractivity contribution in [2.24, 2.45) is 0 Å². The van der Waals surface area contributed by atoms with E-state index in [1.807, 2.05) is 25.1 Å². The van der Waals surface area contributed by atoms with Gasteiger partial charge in [0.05, 0.1) is 10.9 Å². The van der Waals surface area contributed by atoms with Crippen molar-refractivity contribution >= 4 is 21.6 Å². The second-order valence-corrected chi connectivity index (χ2v) is 9.63. The highest BCUT2D eigenvalue weighted by Crippen LogP contribution is 2.29. The van der Waals surface area contributed by atoms with Gasteiger partial charge in [0.2, 0.25) is 0 Å². The Hall–Kier alpha value is -3.32. The molecular formula is C25H26N2O4S. The predicted octanol–water partition coefficient (Wildman–Crippen LogP) is 4.37. The summed E-state index contributed by atoms with van der Waals surface area (Å²) < 4.78 is 33.3. The number of carbonyl (C=O) groups excluding carboxylic acids is 1. The maximum atomic E-state index is 12.6. The minimum absolute atomic E-state index is 0.00346. The van der Waals surface area contributed by atoms with Crippen molar-refractivity contribution in [3.63, 3.8) is 0 Å². The minimum Gasteiger partial charge on any atom is -0.484 e. The van der Waals surface area contributed by atoms with Crippen molar-refractivity contribution in [1.82, 2.24) is 5.32 Å². The first-order valence-electron chi connectivity index (χ1n) is 10.6. The third kappa shape index (κ3) is 5.29. The van der Waals surface area contributed by atoms with Gasteiger partial charge in [-0.1, -0.05) is 36.4 Å². The van der Waals surface area contributed by atoms with E-state index in [2.05, 4.69) is 22.2 Å². The third-order valence-electron chi connectivity index (χ3n) is 5.48. The normalized spacial score (nSPS) is 15.5. The van der Waals surface area contributed by atoms with Crippen LogP contribution < -0.4 is 14.8 Å². The van der Waals surface area contributed by atoms with Crippen LogP contribution in [0.4, 0.5) is 5.69 Å². The number of carbonyl (C=O) groups is 1. The van der Waals surface area contributed by atoms with Gasteiger partial charge in [0, 0.05) is 5.69 Å². The van der Waals surface area contributed by atoms with Gasteiger partial charge in [0.25, 0.3) is 15.9 Å². The van der Waals surface area contributed by atoms with E-state index in [0.717, 1.165) is 24.8 Å². The van der Waals surface area contributed by atoms with Crippen LogP contribution in [0, 0.1) is 6.92 Å². The van der Waals surface area contributed by atoms with Crippen LogP contribution in [0.3, 0.4) is 0 Å². The molecule has 1 aliphatic carbocycles. The van der Waals surface area contributed by atoms with E-state index in [1.165, 1.54) is 23.3 Å². The monoisotopic (exact) mass is 450 g/mol. The van der Waals surface area contributed by atoms with Gasteiger partial charge >= 0.3 is 0 Å². The number of hydrogen-bond acceptors (Lipinski definition) is 4. The molecule has 7 heteroatoms. The van der Waals surface area contributed by atoms with Crippen LogP contribution in [0.5, 0.6) is 5.75 Å². The molecule has 0 aliphatic heterocycles. The third-order valence-corrected chi connectivity index (χ3v) is 6.88. The Morgan fingerprint density at radius 1 is 1.03 bits per heavy atom. The highest BCUT2D eigenvalue weighted by molar-refractivity contribution is 7.92. The number of sulfonamides is 1. The lowest BCUT2D eigenvalue weighted by Gasteiger charge is -2.26. The Labute approximate surface area is 188 Å². The standard InChI is InChI=1S/C25H26N2O4S/c1-18-6-4-9-20(16-18)27-32(29,30)22-14-12-21(13-15-22)31-17-25(28)26-24-11-5-8-19-7-2-3-10-23(19)24/h2-4,6-7,9-10,12-16,24,27H,5,8,11,17H2,1H3,(H,26,28). The summed E-state index contributed by atoms with van der Waals surface area (Å²) in [5, 5.41) is 3.04. The fourth-order valence-corrected chi connectivity index (χ4v) is 4.98. The first-order chi connectivity index (χ1) is 15.4. The van der Waals surface area contributed by atoms with Gasteiger partial charge in [-0.15, -0.1) is 0 Å². The lowest BCUT2D eigenvalue weighted by atomic mass is 9.88. The van der Waals surface area contributed by atoms with E-state index >= 15 is 0 Å². The van der Waals surface area contributed by atoms with Crippen molar-refractivity contribution in [2.75, 3.05) is 11.3 Å². The van der Waals surface area contributed by atoms with Gasteiger partial charge in [-0.25, -0.2) is 8.42 Å². The molecule has 6 nitrogen and oxygen atoms in total. The predicted molar refractivity (Wildman–Crippen MR) is 124 cm³/mol. The summed E-state index contributed by atoms with van der Waals surface area (Å²) in [7, 11) is -3.71. The molecule has 1 aliphatic rings. The molecule has 32 heavy (non-hydrogen) atoms. The second-order valence-electron chi connectivity index (χ2n) is 7.95. The maximum absolute atomic E-state index is 12.6. The first-order valence-corrected chi connectivity index (χ1v) is 12.1. The average molecular weight is 451 g/mol. The van der Waals surface area contributed by atoms with E-state index in [0.29, 0.717) is 11.4 Å². The van der Waals surface area contributed by atoms with E-state index in [9.17, 15) is 13.2 Å². The topological polar surface area (TPSA) is 84.5 Å². The molecular weight excluding hydrogens is 424 g/mol. The maximum Gasteiger partial charge on any atom is 0.261 e. The lowest BCUT2D eigenvalue weighted by Crippen LogP contribution is -2.34. The van der Waals surface area contributed by atoms with E-state index in [1.54, 1.807) is 30.3 Å². The Morgan fingerprint density at radius 3 is 2.59 bits per heavy atom. The quantitative estimate of drug-likeness (QED) is 0.560. The van der Waals surface area contributed by atoms with E-state index in [4.69, 9.17) is 4.74 Å². The zero-order valence-corrected chi connectivity index (χ0v) is 18.7. The Bertz CT molecular complexity index is 1210. The Morgan fingerprint density at radius 2 is 1.81 bits per heavy atom. The molecule has 0 fully saturated rings. The van der Waals surface area contributed by atoms with Crippen LogP contribution in [0.15, 0.2) is 77.7 Å². The van der Waals surface area contributed by atoms with Crippen molar-refractivity contribution in [2.45, 2.75) is 37.1 Å². The number of amides is 1. The first kappa shape index (κ1) is 21.9.